The van der Waals surface area contributed by atoms with E-state index in [1.807, 2.05) is 0 Å². The van der Waals surface area contributed by atoms with Crippen molar-refractivity contribution >= 4 is 16.6 Å². The molecule has 2 nitrogen and oxygen atoms in total. The molecule has 0 spiro atoms. The summed E-state index contributed by atoms with van der Waals surface area (Å²) in [5.41, 5.74) is 7.47. The van der Waals surface area contributed by atoms with Gasteiger partial charge in [0.05, 0.1) is 0 Å². The molecule has 0 rings (SSSR count). The molecule has 0 aliphatic carbocycles. The van der Waals surface area contributed by atoms with E-state index in [2.05, 4.69) is 106 Å². The van der Waals surface area contributed by atoms with Crippen molar-refractivity contribution in [1.82, 2.24) is 0 Å². The van der Waals surface area contributed by atoms with Crippen LogP contribution >= 0.6 is 0 Å². The zero-order chi connectivity index (χ0) is 24.5. The molecule has 0 radical (unpaired) electrons. The Bertz CT molecular complexity index is 664. The largest absolute Gasteiger partial charge is 0.416 e. The van der Waals surface area contributed by atoms with Crippen LogP contribution in [-0.2, 0) is 8.85 Å². The predicted octanol–water partition coefficient (Wildman–Crippen LogP) is 9.19. The van der Waals surface area contributed by atoms with Crippen molar-refractivity contribution in [1.29, 1.82) is 0 Å². The van der Waals surface area contributed by atoms with Gasteiger partial charge in [0.2, 0.25) is 0 Å². The van der Waals surface area contributed by atoms with Crippen LogP contribution < -0.4 is 0 Å². The molecule has 0 saturated carbocycles. The molecule has 180 valence electrons. The van der Waals surface area contributed by atoms with Gasteiger partial charge in [-0.1, -0.05) is 65.8 Å². The van der Waals surface area contributed by atoms with Gasteiger partial charge in [0, 0.05) is 13.2 Å². The molecule has 31 heavy (non-hydrogen) atoms. The topological polar surface area (TPSA) is 18.5 Å². The van der Waals surface area contributed by atoms with Gasteiger partial charge in [-0.25, -0.2) is 0 Å². The molecule has 0 aromatic carbocycles. The zero-order valence-electron chi connectivity index (χ0n) is 22.9. The third-order valence-electron chi connectivity index (χ3n) is 6.81. The molecule has 0 saturated heterocycles. The normalized spacial score (nSPS) is 13.4. The monoisotopic (exact) mass is 464 g/mol. The lowest BCUT2D eigenvalue weighted by Crippen LogP contribution is -2.41. The highest BCUT2D eigenvalue weighted by Gasteiger charge is 2.37. The van der Waals surface area contributed by atoms with Crippen LogP contribution in [0.5, 0.6) is 0 Å². The maximum absolute atomic E-state index is 6.43. The van der Waals surface area contributed by atoms with Gasteiger partial charge in [0.1, 0.15) is 0 Å². The molecule has 0 aliphatic rings. The van der Waals surface area contributed by atoms with Gasteiger partial charge in [0.15, 0.2) is 16.6 Å². The molecular weight excluding hydrogens is 412 g/mol. The summed E-state index contributed by atoms with van der Waals surface area (Å²) in [6.45, 7) is 32.8. The standard InChI is InChI=1S/C27H52O2Si2/c1-23(2)16-14-15-17-25(19-21-29-31(12,13)27(7,8)9)22-24(3)18-20-28-30(10,11)26(4,5)6/h14-15H,1,16-21H2,2-13H3/b15-14+. The summed E-state index contributed by atoms with van der Waals surface area (Å²) >= 11 is 0. The van der Waals surface area contributed by atoms with E-state index in [-0.39, 0.29) is 10.1 Å². The first-order chi connectivity index (χ1) is 13.9. The van der Waals surface area contributed by atoms with Crippen LogP contribution in [0.2, 0.25) is 36.3 Å². The van der Waals surface area contributed by atoms with Crippen LogP contribution in [-0.4, -0.2) is 29.8 Å². The Hall–Kier alpha value is -0.646. The molecular formula is C27H52O2Si2. The third kappa shape index (κ3) is 12.2. The van der Waals surface area contributed by atoms with Gasteiger partial charge in [-0.05, 0) is 86.9 Å². The number of rotatable bonds is 12. The summed E-state index contributed by atoms with van der Waals surface area (Å²) in [7, 11) is -3.41. The van der Waals surface area contributed by atoms with Crippen molar-refractivity contribution in [2.24, 2.45) is 0 Å². The van der Waals surface area contributed by atoms with Crippen molar-refractivity contribution in [3.8, 4) is 0 Å². The highest BCUT2D eigenvalue weighted by molar-refractivity contribution is 6.74. The number of allylic oxidation sites excluding steroid dienone is 3. The van der Waals surface area contributed by atoms with E-state index in [4.69, 9.17) is 8.85 Å². The first kappa shape index (κ1) is 30.4. The Kier molecular flexibility index (Phi) is 12.3. The maximum Gasteiger partial charge on any atom is 0.191 e. The van der Waals surface area contributed by atoms with Gasteiger partial charge in [-0.2, -0.15) is 0 Å². The minimum Gasteiger partial charge on any atom is -0.416 e. The van der Waals surface area contributed by atoms with Crippen molar-refractivity contribution < 1.29 is 8.85 Å². The van der Waals surface area contributed by atoms with Gasteiger partial charge in [0.25, 0.3) is 0 Å². The van der Waals surface area contributed by atoms with E-state index in [0.717, 1.165) is 38.9 Å². The summed E-state index contributed by atoms with van der Waals surface area (Å²) in [5, 5.41) is 0.492. The van der Waals surface area contributed by atoms with E-state index in [1.165, 1.54) is 16.7 Å². The first-order valence-corrected chi connectivity index (χ1v) is 17.7. The molecule has 0 fully saturated rings. The van der Waals surface area contributed by atoms with Crippen molar-refractivity contribution in [2.75, 3.05) is 13.2 Å². The van der Waals surface area contributed by atoms with Crippen LogP contribution in [0.3, 0.4) is 0 Å². The zero-order valence-corrected chi connectivity index (χ0v) is 24.9. The van der Waals surface area contributed by atoms with Crippen LogP contribution in [0.15, 0.2) is 41.2 Å². The highest BCUT2D eigenvalue weighted by Crippen LogP contribution is 2.37. The van der Waals surface area contributed by atoms with Crippen LogP contribution in [0.1, 0.15) is 81.1 Å². The van der Waals surface area contributed by atoms with Gasteiger partial charge < -0.3 is 8.85 Å². The lowest BCUT2D eigenvalue weighted by Gasteiger charge is -2.36. The molecule has 0 N–H and O–H groups in total. The Morgan fingerprint density at radius 3 is 1.61 bits per heavy atom. The minimum atomic E-state index is -1.72. The first-order valence-electron chi connectivity index (χ1n) is 11.9. The Balaban J connectivity index is 5.21. The third-order valence-corrected chi connectivity index (χ3v) is 15.9. The average Bonchev–Trinajstić information content (AvgIpc) is 2.55. The van der Waals surface area contributed by atoms with Gasteiger partial charge in [-0.15, -0.1) is 5.73 Å². The summed E-state index contributed by atoms with van der Waals surface area (Å²) in [4.78, 5) is 0. The number of hydrogen-bond donors (Lipinski definition) is 0. The molecule has 0 amide bonds. The minimum absolute atomic E-state index is 0.241. The quantitative estimate of drug-likeness (QED) is 0.163. The molecule has 4 heteroatoms. The SMILES string of the molecule is C=C(C)C/C=C/CC(=C=C(C)CCO[Si](C)(C)C(C)(C)C)CCO[Si](C)(C)C(C)(C)C. The van der Waals surface area contributed by atoms with E-state index < -0.39 is 16.6 Å². The molecule has 0 heterocycles. The molecule has 0 atom stereocenters. The van der Waals surface area contributed by atoms with Crippen LogP contribution in [0, 0.1) is 0 Å². The average molecular weight is 465 g/mol. The second-order valence-electron chi connectivity index (χ2n) is 12.1. The fourth-order valence-electron chi connectivity index (χ4n) is 2.41. The fourth-order valence-corrected chi connectivity index (χ4v) is 4.50. The predicted molar refractivity (Wildman–Crippen MR) is 145 cm³/mol. The smallest absolute Gasteiger partial charge is 0.191 e. The van der Waals surface area contributed by atoms with Crippen LogP contribution in [0.25, 0.3) is 0 Å². The summed E-state index contributed by atoms with van der Waals surface area (Å²) in [6.07, 6.45) is 8.21. The van der Waals surface area contributed by atoms with E-state index in [0.29, 0.717) is 0 Å². The van der Waals surface area contributed by atoms with Crippen molar-refractivity contribution in [2.45, 2.75) is 117 Å². The summed E-state index contributed by atoms with van der Waals surface area (Å²) < 4.78 is 12.8. The second-order valence-corrected chi connectivity index (χ2v) is 21.7. The van der Waals surface area contributed by atoms with Crippen LogP contribution in [0.4, 0.5) is 0 Å². The van der Waals surface area contributed by atoms with Gasteiger partial charge in [-0.3, -0.25) is 0 Å². The van der Waals surface area contributed by atoms with Gasteiger partial charge >= 0.3 is 0 Å². The van der Waals surface area contributed by atoms with E-state index >= 15 is 0 Å². The lowest BCUT2D eigenvalue weighted by molar-refractivity contribution is 0.290. The van der Waals surface area contributed by atoms with E-state index in [1.54, 1.807) is 0 Å². The Morgan fingerprint density at radius 1 is 0.774 bits per heavy atom. The summed E-state index contributed by atoms with van der Waals surface area (Å²) in [5.74, 6) is 0. The van der Waals surface area contributed by atoms with Crippen molar-refractivity contribution in [3.63, 3.8) is 0 Å². The Labute approximate surface area is 197 Å². The molecule has 0 unspecified atom stereocenters. The highest BCUT2D eigenvalue weighted by atomic mass is 28.4. The van der Waals surface area contributed by atoms with E-state index in [9.17, 15) is 0 Å². The maximum atomic E-state index is 6.43. The summed E-state index contributed by atoms with van der Waals surface area (Å²) in [6, 6.07) is 0. The molecule has 0 bridgehead atoms. The lowest BCUT2D eigenvalue weighted by atomic mass is 10.1. The Morgan fingerprint density at radius 2 is 1.19 bits per heavy atom. The number of hydrogen-bond acceptors (Lipinski definition) is 2. The fraction of sp³-hybridized carbons (Fsp3) is 0.741. The molecule has 0 aromatic rings. The molecule has 0 aromatic heterocycles. The molecule has 0 aliphatic heterocycles. The second kappa shape index (κ2) is 12.6. The van der Waals surface area contributed by atoms with Crippen molar-refractivity contribution in [3.05, 3.63) is 41.2 Å².